The van der Waals surface area contributed by atoms with Crippen molar-refractivity contribution in [3.05, 3.63) is 16.3 Å². The fourth-order valence-corrected chi connectivity index (χ4v) is 6.03. The summed E-state index contributed by atoms with van der Waals surface area (Å²) >= 11 is 2.92. The van der Waals surface area contributed by atoms with Gasteiger partial charge in [-0.3, -0.25) is 4.79 Å². The molecule has 2 N–H and O–H groups in total. The lowest BCUT2D eigenvalue weighted by Crippen LogP contribution is -2.38. The van der Waals surface area contributed by atoms with E-state index in [1.165, 1.54) is 21.7 Å². The molecule has 1 aliphatic rings. The molecule has 2 heterocycles. The molecule has 0 unspecified atom stereocenters. The SMILES string of the molecule is CNCCCNC(=O)c1sccc1S(=O)(=O)N1CCSCC1.Cl. The number of rotatable bonds is 7. The topological polar surface area (TPSA) is 78.5 Å². The quantitative estimate of drug-likeness (QED) is 0.674. The highest BCUT2D eigenvalue weighted by molar-refractivity contribution is 7.99. The molecule has 1 aliphatic heterocycles. The first kappa shape index (κ1) is 20.7. The molecule has 6 nitrogen and oxygen atoms in total. The number of nitrogens with zero attached hydrogens (tertiary/aromatic N) is 1. The number of nitrogens with one attached hydrogen (secondary N) is 2. The zero-order valence-corrected chi connectivity index (χ0v) is 16.2. The molecule has 0 spiro atoms. The van der Waals surface area contributed by atoms with Crippen molar-refractivity contribution in [1.82, 2.24) is 14.9 Å². The van der Waals surface area contributed by atoms with Gasteiger partial charge in [-0.2, -0.15) is 16.1 Å². The standard InChI is InChI=1S/C13H21N3O3S3.ClH/c1-14-4-2-5-15-13(17)12-11(3-8-21-12)22(18,19)16-6-9-20-10-7-16;/h3,8,14H,2,4-7,9-10H2,1H3,(H,15,17);1H. The molecule has 1 aromatic heterocycles. The third kappa shape index (κ3) is 5.33. The van der Waals surface area contributed by atoms with E-state index in [1.807, 2.05) is 7.05 Å². The lowest BCUT2D eigenvalue weighted by Gasteiger charge is -2.25. The van der Waals surface area contributed by atoms with Crippen LogP contribution in [-0.2, 0) is 10.0 Å². The van der Waals surface area contributed by atoms with Gasteiger partial charge in [0.05, 0.1) is 0 Å². The van der Waals surface area contributed by atoms with Crippen molar-refractivity contribution in [2.45, 2.75) is 11.3 Å². The van der Waals surface area contributed by atoms with Crippen molar-refractivity contribution in [2.75, 3.05) is 44.7 Å². The van der Waals surface area contributed by atoms with Crippen LogP contribution in [0.1, 0.15) is 16.1 Å². The smallest absolute Gasteiger partial charge is 0.262 e. The second-order valence-corrected chi connectivity index (χ2v) is 8.89. The second-order valence-electron chi connectivity index (χ2n) is 4.84. The number of halogens is 1. The van der Waals surface area contributed by atoms with Crippen molar-refractivity contribution >= 4 is 51.4 Å². The van der Waals surface area contributed by atoms with E-state index < -0.39 is 10.0 Å². The molecule has 2 rings (SSSR count). The molecule has 1 amide bonds. The molecular weight excluding hydrogens is 378 g/mol. The monoisotopic (exact) mass is 399 g/mol. The maximum atomic E-state index is 12.7. The molecule has 0 atom stereocenters. The van der Waals surface area contributed by atoms with Gasteiger partial charge in [-0.05, 0) is 31.5 Å². The zero-order chi connectivity index (χ0) is 16.0. The number of hydrogen-bond donors (Lipinski definition) is 2. The number of carbonyl (C=O) groups is 1. The van der Waals surface area contributed by atoms with Crippen molar-refractivity contribution in [1.29, 1.82) is 0 Å². The normalized spacial score (nSPS) is 15.9. The minimum absolute atomic E-state index is 0. The van der Waals surface area contributed by atoms with Crippen LogP contribution >= 0.6 is 35.5 Å². The van der Waals surface area contributed by atoms with Crippen LogP contribution in [0.3, 0.4) is 0 Å². The van der Waals surface area contributed by atoms with Crippen LogP contribution < -0.4 is 10.6 Å². The summed E-state index contributed by atoms with van der Waals surface area (Å²) in [6, 6.07) is 1.53. The zero-order valence-electron chi connectivity index (χ0n) is 12.9. The second kappa shape index (κ2) is 9.85. The van der Waals surface area contributed by atoms with Gasteiger partial charge in [0, 0.05) is 31.1 Å². The number of sulfonamides is 1. The van der Waals surface area contributed by atoms with E-state index >= 15 is 0 Å². The van der Waals surface area contributed by atoms with E-state index in [9.17, 15) is 13.2 Å². The predicted octanol–water partition coefficient (Wildman–Crippen LogP) is 1.25. The first-order valence-electron chi connectivity index (χ1n) is 7.15. The molecule has 1 aromatic rings. The molecule has 0 bridgehead atoms. The summed E-state index contributed by atoms with van der Waals surface area (Å²) in [7, 11) is -1.72. The molecule has 1 fully saturated rings. The molecular formula is C13H22ClN3O3S3. The maximum absolute atomic E-state index is 12.7. The van der Waals surface area contributed by atoms with E-state index in [1.54, 1.807) is 17.1 Å². The maximum Gasteiger partial charge on any atom is 0.262 e. The van der Waals surface area contributed by atoms with E-state index in [-0.39, 0.29) is 28.1 Å². The first-order valence-corrected chi connectivity index (χ1v) is 10.6. The molecule has 1 saturated heterocycles. The Morgan fingerprint density at radius 2 is 2.00 bits per heavy atom. The first-order chi connectivity index (χ1) is 10.6. The van der Waals surface area contributed by atoms with Gasteiger partial charge in [0.2, 0.25) is 10.0 Å². The van der Waals surface area contributed by atoms with Gasteiger partial charge in [-0.25, -0.2) is 8.42 Å². The van der Waals surface area contributed by atoms with Crippen molar-refractivity contribution in [3.63, 3.8) is 0 Å². The third-order valence-electron chi connectivity index (χ3n) is 3.31. The summed E-state index contributed by atoms with van der Waals surface area (Å²) in [6.45, 7) is 2.34. The summed E-state index contributed by atoms with van der Waals surface area (Å²) in [6.07, 6.45) is 0.805. The highest BCUT2D eigenvalue weighted by Crippen LogP contribution is 2.27. The summed E-state index contributed by atoms with van der Waals surface area (Å²) < 4.78 is 26.8. The van der Waals surface area contributed by atoms with Gasteiger partial charge < -0.3 is 10.6 Å². The number of hydrogen-bond acceptors (Lipinski definition) is 6. The van der Waals surface area contributed by atoms with Gasteiger partial charge in [0.1, 0.15) is 9.77 Å². The van der Waals surface area contributed by atoms with E-state index in [2.05, 4.69) is 10.6 Å². The largest absolute Gasteiger partial charge is 0.351 e. The fourth-order valence-electron chi connectivity index (χ4n) is 2.14. The molecule has 10 heteroatoms. The fraction of sp³-hybridized carbons (Fsp3) is 0.615. The van der Waals surface area contributed by atoms with E-state index in [4.69, 9.17) is 0 Å². The minimum Gasteiger partial charge on any atom is -0.351 e. The molecule has 23 heavy (non-hydrogen) atoms. The Morgan fingerprint density at radius 1 is 1.30 bits per heavy atom. The summed E-state index contributed by atoms with van der Waals surface area (Å²) in [5.74, 6) is 1.29. The van der Waals surface area contributed by atoms with E-state index in [0.717, 1.165) is 24.5 Å². The van der Waals surface area contributed by atoms with Crippen LogP contribution in [0, 0.1) is 0 Å². The number of thiophene rings is 1. The Hall–Kier alpha value is -0.320. The van der Waals surface area contributed by atoms with Crippen molar-refractivity contribution in [3.8, 4) is 0 Å². The third-order valence-corrected chi connectivity index (χ3v) is 7.24. The Kier molecular flexibility index (Phi) is 8.88. The average Bonchev–Trinajstić information content (AvgIpc) is 3.03. The van der Waals surface area contributed by atoms with Gasteiger partial charge in [-0.15, -0.1) is 23.7 Å². The van der Waals surface area contributed by atoms with Crippen LogP contribution in [0.4, 0.5) is 0 Å². The minimum atomic E-state index is -3.57. The number of carbonyl (C=O) groups excluding carboxylic acids is 1. The molecule has 0 aliphatic carbocycles. The van der Waals surface area contributed by atoms with Crippen LogP contribution in [-0.4, -0.2) is 63.4 Å². The highest BCUT2D eigenvalue weighted by Gasteiger charge is 2.30. The van der Waals surface area contributed by atoms with Crippen LogP contribution in [0.2, 0.25) is 0 Å². The van der Waals surface area contributed by atoms with E-state index in [0.29, 0.717) is 19.6 Å². The Morgan fingerprint density at radius 3 is 2.65 bits per heavy atom. The molecule has 0 radical (unpaired) electrons. The van der Waals surface area contributed by atoms with Crippen LogP contribution in [0.25, 0.3) is 0 Å². The summed E-state index contributed by atoms with van der Waals surface area (Å²) in [5.41, 5.74) is 0. The van der Waals surface area contributed by atoms with Crippen molar-refractivity contribution < 1.29 is 13.2 Å². The van der Waals surface area contributed by atoms with Crippen molar-refractivity contribution in [2.24, 2.45) is 0 Å². The van der Waals surface area contributed by atoms with Gasteiger partial charge in [-0.1, -0.05) is 0 Å². The van der Waals surface area contributed by atoms with Gasteiger partial charge >= 0.3 is 0 Å². The summed E-state index contributed by atoms with van der Waals surface area (Å²) in [4.78, 5) is 12.6. The molecule has 132 valence electrons. The Bertz CT molecular complexity index is 601. The van der Waals surface area contributed by atoms with Gasteiger partial charge in [0.15, 0.2) is 0 Å². The lowest BCUT2D eigenvalue weighted by atomic mass is 10.4. The van der Waals surface area contributed by atoms with Gasteiger partial charge in [0.25, 0.3) is 5.91 Å². The molecule has 0 saturated carbocycles. The van der Waals surface area contributed by atoms with Crippen LogP contribution in [0.5, 0.6) is 0 Å². The lowest BCUT2D eigenvalue weighted by molar-refractivity contribution is 0.0954. The number of thioether (sulfide) groups is 1. The highest BCUT2D eigenvalue weighted by atomic mass is 35.5. The Labute approximate surface area is 151 Å². The van der Waals surface area contributed by atoms with Crippen LogP contribution in [0.15, 0.2) is 16.3 Å². The molecule has 0 aromatic carbocycles. The average molecular weight is 400 g/mol. The predicted molar refractivity (Wildman–Crippen MR) is 98.5 cm³/mol. The summed E-state index contributed by atoms with van der Waals surface area (Å²) in [5, 5.41) is 7.44. The number of amides is 1. The Balaban J connectivity index is 0.00000264.